The molecule has 0 N–H and O–H groups in total. The second-order valence-electron chi connectivity index (χ2n) is 1.86. The molecule has 36 valence electrons. The van der Waals surface area contributed by atoms with Gasteiger partial charge >= 0.3 is 0 Å². The van der Waals surface area contributed by atoms with Gasteiger partial charge in [0.2, 0.25) is 0 Å². The predicted octanol–water partition coefficient (Wildman–Crippen LogP) is 0.681. The SMILES string of the molecule is CC[N+]1(S)CC1. The summed E-state index contributed by atoms with van der Waals surface area (Å²) in [6, 6.07) is 0. The zero-order chi connectivity index (χ0) is 4.62. The normalized spacial score (nSPS) is 27.0. The zero-order valence-electron chi connectivity index (χ0n) is 4.02. The van der Waals surface area contributed by atoms with Crippen molar-refractivity contribution in [3.05, 3.63) is 0 Å². The Kier molecular flexibility index (Phi) is 0.848. The van der Waals surface area contributed by atoms with Crippen molar-refractivity contribution < 1.29 is 3.89 Å². The standard InChI is InChI=1S/C4H10NS/c1-2-5(6)3-4-5/h6H,2-4H2,1H3/q+1. The van der Waals surface area contributed by atoms with Crippen LogP contribution >= 0.6 is 12.8 Å². The monoisotopic (exact) mass is 104 g/mol. The van der Waals surface area contributed by atoms with Crippen LogP contribution in [0.4, 0.5) is 0 Å². The highest BCUT2D eigenvalue weighted by molar-refractivity contribution is 7.74. The number of nitrogens with zero attached hydrogens (tertiary/aromatic N) is 1. The third-order valence-corrected chi connectivity index (χ3v) is 2.01. The van der Waals surface area contributed by atoms with Crippen LogP contribution in [0.25, 0.3) is 0 Å². The molecule has 1 aliphatic rings. The molecule has 1 nitrogen and oxygen atoms in total. The minimum absolute atomic E-state index is 1.01. The maximum Gasteiger partial charge on any atom is 0.140 e. The van der Waals surface area contributed by atoms with E-state index in [9.17, 15) is 0 Å². The Morgan fingerprint density at radius 2 is 2.17 bits per heavy atom. The molecular formula is C4H10NS+. The van der Waals surface area contributed by atoms with Gasteiger partial charge in [0, 0.05) is 0 Å². The third kappa shape index (κ3) is 0.684. The molecule has 1 heterocycles. The summed E-state index contributed by atoms with van der Waals surface area (Å²) < 4.78 is 1.01. The molecule has 0 spiro atoms. The minimum Gasteiger partial charge on any atom is -0.255 e. The number of thiol groups is 1. The number of hydrogen-bond acceptors (Lipinski definition) is 1. The average molecular weight is 104 g/mol. The topological polar surface area (TPSA) is 0 Å². The molecule has 2 heteroatoms. The van der Waals surface area contributed by atoms with E-state index in [0.717, 1.165) is 3.89 Å². The summed E-state index contributed by atoms with van der Waals surface area (Å²) in [5, 5.41) is 0. The lowest BCUT2D eigenvalue weighted by Gasteiger charge is -2.00. The molecule has 0 aromatic rings. The van der Waals surface area contributed by atoms with E-state index in [1.807, 2.05) is 0 Å². The van der Waals surface area contributed by atoms with Crippen molar-refractivity contribution in [1.82, 2.24) is 0 Å². The molecule has 0 atom stereocenters. The summed E-state index contributed by atoms with van der Waals surface area (Å²) in [5.41, 5.74) is 0. The lowest BCUT2D eigenvalue weighted by Crippen LogP contribution is -2.09. The van der Waals surface area contributed by atoms with Crippen LogP contribution in [0.1, 0.15) is 6.92 Å². The van der Waals surface area contributed by atoms with Crippen molar-refractivity contribution in [3.63, 3.8) is 0 Å². The first-order chi connectivity index (χ1) is 2.77. The second-order valence-corrected chi connectivity index (χ2v) is 2.71. The molecule has 1 saturated heterocycles. The molecular weight excluding hydrogens is 94.1 g/mol. The largest absolute Gasteiger partial charge is 0.255 e. The Hall–Kier alpha value is 0.310. The number of rotatable bonds is 1. The van der Waals surface area contributed by atoms with Gasteiger partial charge in [0.05, 0.1) is 19.4 Å². The third-order valence-electron chi connectivity index (χ3n) is 1.33. The van der Waals surface area contributed by atoms with E-state index < -0.39 is 0 Å². The molecule has 0 saturated carbocycles. The van der Waals surface area contributed by atoms with E-state index >= 15 is 0 Å². The molecule has 1 aliphatic heterocycles. The average Bonchev–Trinajstić information content (AvgIpc) is 2.22. The van der Waals surface area contributed by atoms with E-state index in [1.165, 1.54) is 19.6 Å². The van der Waals surface area contributed by atoms with Gasteiger partial charge < -0.3 is 0 Å². The Labute approximate surface area is 44.1 Å². The fraction of sp³-hybridized carbons (Fsp3) is 1.00. The van der Waals surface area contributed by atoms with Crippen LogP contribution in [0.3, 0.4) is 0 Å². The highest BCUT2D eigenvalue weighted by Gasteiger charge is 2.36. The van der Waals surface area contributed by atoms with Gasteiger partial charge in [-0.1, -0.05) is 0 Å². The lowest BCUT2D eigenvalue weighted by molar-refractivity contribution is -0.641. The van der Waals surface area contributed by atoms with Crippen LogP contribution in [-0.2, 0) is 0 Å². The number of likely N-dealkylation sites (N-methyl/N-ethyl adjacent to an activating group) is 1. The Morgan fingerprint density at radius 1 is 1.67 bits per heavy atom. The quantitative estimate of drug-likeness (QED) is 0.282. The fourth-order valence-corrected chi connectivity index (χ4v) is 0.521. The van der Waals surface area contributed by atoms with E-state index in [-0.39, 0.29) is 0 Å². The van der Waals surface area contributed by atoms with Gasteiger partial charge in [-0.25, -0.2) is 0 Å². The molecule has 6 heavy (non-hydrogen) atoms. The first-order valence-corrected chi connectivity index (χ1v) is 2.76. The molecule has 0 bridgehead atoms. The van der Waals surface area contributed by atoms with Crippen molar-refractivity contribution in [3.8, 4) is 0 Å². The van der Waals surface area contributed by atoms with Gasteiger partial charge in [-0.15, -0.1) is 0 Å². The molecule has 0 unspecified atom stereocenters. The van der Waals surface area contributed by atoms with Crippen molar-refractivity contribution in [2.24, 2.45) is 0 Å². The van der Waals surface area contributed by atoms with Crippen LogP contribution in [0.15, 0.2) is 0 Å². The highest BCUT2D eigenvalue weighted by Crippen LogP contribution is 2.22. The zero-order valence-corrected chi connectivity index (χ0v) is 4.91. The molecule has 0 aromatic carbocycles. The van der Waals surface area contributed by atoms with Gasteiger partial charge in [-0.2, -0.15) is 0 Å². The molecule has 1 fully saturated rings. The molecule has 0 radical (unpaired) electrons. The van der Waals surface area contributed by atoms with Crippen LogP contribution in [0.2, 0.25) is 0 Å². The van der Waals surface area contributed by atoms with Crippen molar-refractivity contribution >= 4 is 12.8 Å². The molecule has 0 aliphatic carbocycles. The van der Waals surface area contributed by atoms with Crippen LogP contribution < -0.4 is 0 Å². The first kappa shape index (κ1) is 4.47. The van der Waals surface area contributed by atoms with E-state index in [1.54, 1.807) is 0 Å². The van der Waals surface area contributed by atoms with Crippen LogP contribution in [-0.4, -0.2) is 23.5 Å². The van der Waals surface area contributed by atoms with Crippen molar-refractivity contribution in [1.29, 1.82) is 0 Å². The van der Waals surface area contributed by atoms with Crippen LogP contribution in [0.5, 0.6) is 0 Å². The molecule has 0 amide bonds. The summed E-state index contributed by atoms with van der Waals surface area (Å²) in [6.07, 6.45) is 0. The maximum atomic E-state index is 4.30. The predicted molar refractivity (Wildman–Crippen MR) is 29.5 cm³/mol. The minimum atomic E-state index is 1.01. The van der Waals surface area contributed by atoms with Gasteiger partial charge in [0.1, 0.15) is 13.1 Å². The molecule has 0 aromatic heterocycles. The maximum absolute atomic E-state index is 4.30. The van der Waals surface area contributed by atoms with E-state index in [2.05, 4.69) is 19.7 Å². The van der Waals surface area contributed by atoms with Gasteiger partial charge in [0.25, 0.3) is 0 Å². The Morgan fingerprint density at radius 3 is 2.17 bits per heavy atom. The van der Waals surface area contributed by atoms with Gasteiger partial charge in [0.15, 0.2) is 0 Å². The number of hydrogen-bond donors (Lipinski definition) is 1. The number of quaternary nitrogens is 1. The van der Waals surface area contributed by atoms with Gasteiger partial charge in [-0.05, 0) is 6.92 Å². The van der Waals surface area contributed by atoms with Crippen molar-refractivity contribution in [2.45, 2.75) is 6.92 Å². The fourth-order valence-electron chi connectivity index (χ4n) is 0.432. The first-order valence-electron chi connectivity index (χ1n) is 2.36. The Bertz CT molecular complexity index is 58.6. The van der Waals surface area contributed by atoms with E-state index in [0.29, 0.717) is 0 Å². The summed E-state index contributed by atoms with van der Waals surface area (Å²) in [6.45, 7) is 5.91. The Balaban J connectivity index is 2.28. The highest BCUT2D eigenvalue weighted by atomic mass is 32.1. The summed E-state index contributed by atoms with van der Waals surface area (Å²) in [7, 11) is 0. The molecule has 1 rings (SSSR count). The lowest BCUT2D eigenvalue weighted by atomic mass is 10.8. The second kappa shape index (κ2) is 1.14. The summed E-state index contributed by atoms with van der Waals surface area (Å²) >= 11 is 4.30. The van der Waals surface area contributed by atoms with Crippen LogP contribution in [0, 0.1) is 0 Å². The summed E-state index contributed by atoms with van der Waals surface area (Å²) in [4.78, 5) is 0. The van der Waals surface area contributed by atoms with E-state index in [4.69, 9.17) is 0 Å². The smallest absolute Gasteiger partial charge is 0.140 e. The summed E-state index contributed by atoms with van der Waals surface area (Å²) in [5.74, 6) is 0. The van der Waals surface area contributed by atoms with Crippen molar-refractivity contribution in [2.75, 3.05) is 19.6 Å². The van der Waals surface area contributed by atoms with Gasteiger partial charge in [-0.3, -0.25) is 3.89 Å².